The molecule has 3 heteroatoms. The molecule has 3 nitrogen and oxygen atoms in total. The molecule has 2 heterocycles. The topological polar surface area (TPSA) is 44.1 Å². The van der Waals surface area contributed by atoms with Crippen LogP contribution in [0, 0.1) is 17.2 Å². The Balaban J connectivity index is 2.14. The third-order valence-electron chi connectivity index (χ3n) is 3.01. The van der Waals surface area contributed by atoms with E-state index in [2.05, 4.69) is 6.07 Å². The van der Waals surface area contributed by atoms with Crippen molar-refractivity contribution in [2.75, 3.05) is 6.54 Å². The van der Waals surface area contributed by atoms with E-state index in [1.165, 1.54) is 0 Å². The molecule has 0 radical (unpaired) electrons. The van der Waals surface area contributed by atoms with E-state index in [1.54, 1.807) is 4.90 Å². The summed E-state index contributed by atoms with van der Waals surface area (Å²) in [7, 11) is 0. The Kier molecular flexibility index (Phi) is 1.76. The van der Waals surface area contributed by atoms with Crippen LogP contribution in [-0.4, -0.2) is 23.4 Å². The fraction of sp³-hybridized carbons (Fsp3) is 0.778. The minimum atomic E-state index is 0.221. The maximum Gasteiger partial charge on any atom is 0.226 e. The summed E-state index contributed by atoms with van der Waals surface area (Å²) in [4.78, 5) is 13.3. The van der Waals surface area contributed by atoms with Crippen molar-refractivity contribution in [1.29, 1.82) is 5.26 Å². The highest BCUT2D eigenvalue weighted by Crippen LogP contribution is 2.35. The van der Waals surface area contributed by atoms with Gasteiger partial charge < -0.3 is 4.90 Å². The van der Waals surface area contributed by atoms with E-state index in [9.17, 15) is 4.79 Å². The lowest BCUT2D eigenvalue weighted by Gasteiger charge is -2.43. The Labute approximate surface area is 72.0 Å². The molecule has 12 heavy (non-hydrogen) atoms. The van der Waals surface area contributed by atoms with E-state index in [-0.39, 0.29) is 11.8 Å². The number of fused-ring (bicyclic) bond motifs is 3. The standard InChI is InChI=1S/C9H12N2O/c10-5-6-11-8-3-1-7(2-4-8)9(11)12/h7-8H,1-4,6H2. The zero-order valence-electron chi connectivity index (χ0n) is 6.99. The number of piperidine rings is 2. The minimum absolute atomic E-state index is 0.221. The molecule has 1 saturated carbocycles. The predicted molar refractivity (Wildman–Crippen MR) is 43.1 cm³/mol. The van der Waals surface area contributed by atoms with Crippen LogP contribution in [-0.2, 0) is 4.79 Å². The molecule has 2 bridgehead atoms. The van der Waals surface area contributed by atoms with Crippen molar-refractivity contribution in [3.05, 3.63) is 0 Å². The van der Waals surface area contributed by atoms with Crippen LogP contribution in [0.1, 0.15) is 25.7 Å². The quantitative estimate of drug-likeness (QED) is 0.541. The normalized spacial score (nSPS) is 33.6. The van der Waals surface area contributed by atoms with Gasteiger partial charge >= 0.3 is 0 Å². The molecule has 0 N–H and O–H groups in total. The van der Waals surface area contributed by atoms with E-state index in [4.69, 9.17) is 5.26 Å². The third-order valence-corrected chi connectivity index (χ3v) is 3.01. The van der Waals surface area contributed by atoms with Gasteiger partial charge in [0.25, 0.3) is 0 Å². The highest BCUT2D eigenvalue weighted by molar-refractivity contribution is 5.81. The molecule has 1 aliphatic carbocycles. The molecular formula is C9H12N2O. The summed E-state index contributed by atoms with van der Waals surface area (Å²) in [6.07, 6.45) is 4.31. The molecule has 64 valence electrons. The molecule has 3 rings (SSSR count). The van der Waals surface area contributed by atoms with Gasteiger partial charge in [0, 0.05) is 12.0 Å². The second-order valence-corrected chi connectivity index (χ2v) is 3.63. The average Bonchev–Trinajstić information content (AvgIpc) is 2.12. The molecular weight excluding hydrogens is 152 g/mol. The lowest BCUT2D eigenvalue weighted by molar-refractivity contribution is -0.145. The Morgan fingerprint density at radius 2 is 2.08 bits per heavy atom. The first-order valence-corrected chi connectivity index (χ1v) is 4.50. The lowest BCUT2D eigenvalue weighted by Crippen LogP contribution is -2.52. The van der Waals surface area contributed by atoms with E-state index >= 15 is 0 Å². The SMILES string of the molecule is N#CCN1C(=O)C2CCC1CC2. The van der Waals surface area contributed by atoms with Gasteiger partial charge in [0.05, 0.1) is 6.07 Å². The first-order chi connectivity index (χ1) is 5.83. The predicted octanol–water partition coefficient (Wildman–Crippen LogP) is 0.911. The third kappa shape index (κ3) is 0.989. The van der Waals surface area contributed by atoms with Crippen molar-refractivity contribution < 1.29 is 4.79 Å². The first-order valence-electron chi connectivity index (χ1n) is 4.50. The fourth-order valence-electron chi connectivity index (χ4n) is 2.33. The van der Waals surface area contributed by atoms with Crippen LogP contribution in [0.3, 0.4) is 0 Å². The van der Waals surface area contributed by atoms with Crippen molar-refractivity contribution in [2.45, 2.75) is 31.7 Å². The monoisotopic (exact) mass is 164 g/mol. The summed E-state index contributed by atoms with van der Waals surface area (Å²) < 4.78 is 0. The summed E-state index contributed by atoms with van der Waals surface area (Å²) in [6.45, 7) is 0.292. The van der Waals surface area contributed by atoms with E-state index in [0.717, 1.165) is 25.7 Å². The molecule has 0 aromatic rings. The summed E-state index contributed by atoms with van der Waals surface area (Å²) in [5.74, 6) is 0.461. The van der Waals surface area contributed by atoms with Crippen molar-refractivity contribution in [1.82, 2.24) is 4.90 Å². The second kappa shape index (κ2) is 2.78. The van der Waals surface area contributed by atoms with Crippen LogP contribution >= 0.6 is 0 Å². The number of hydrogen-bond acceptors (Lipinski definition) is 2. The largest absolute Gasteiger partial charge is 0.326 e. The Hall–Kier alpha value is -1.04. The zero-order valence-corrected chi connectivity index (χ0v) is 6.99. The van der Waals surface area contributed by atoms with Crippen LogP contribution in [0.15, 0.2) is 0 Å². The Bertz CT molecular complexity index is 235. The van der Waals surface area contributed by atoms with Crippen molar-refractivity contribution >= 4 is 5.91 Å². The van der Waals surface area contributed by atoms with Gasteiger partial charge in [0.2, 0.25) is 5.91 Å². The van der Waals surface area contributed by atoms with E-state index in [1.807, 2.05) is 0 Å². The molecule has 0 aromatic carbocycles. The average molecular weight is 164 g/mol. The van der Waals surface area contributed by atoms with Crippen molar-refractivity contribution in [2.24, 2.45) is 5.92 Å². The summed E-state index contributed by atoms with van der Waals surface area (Å²) >= 11 is 0. The molecule has 0 unspecified atom stereocenters. The van der Waals surface area contributed by atoms with Gasteiger partial charge in [0.15, 0.2) is 0 Å². The van der Waals surface area contributed by atoms with E-state index in [0.29, 0.717) is 12.6 Å². The van der Waals surface area contributed by atoms with Gasteiger partial charge in [-0.15, -0.1) is 0 Å². The van der Waals surface area contributed by atoms with Gasteiger partial charge in [0.1, 0.15) is 6.54 Å². The van der Waals surface area contributed by atoms with Gasteiger partial charge in [-0.25, -0.2) is 0 Å². The number of hydrogen-bond donors (Lipinski definition) is 0. The molecule has 2 aliphatic heterocycles. The smallest absolute Gasteiger partial charge is 0.226 e. The molecule has 2 saturated heterocycles. The molecule has 0 aromatic heterocycles. The fourth-order valence-corrected chi connectivity index (χ4v) is 2.33. The maximum absolute atomic E-state index is 11.6. The molecule has 3 aliphatic rings. The number of amides is 1. The van der Waals surface area contributed by atoms with Gasteiger partial charge in [-0.1, -0.05) is 0 Å². The van der Waals surface area contributed by atoms with Crippen LogP contribution in [0.5, 0.6) is 0 Å². The minimum Gasteiger partial charge on any atom is -0.326 e. The zero-order chi connectivity index (χ0) is 8.55. The summed E-state index contributed by atoms with van der Waals surface area (Å²) in [6, 6.07) is 2.43. The molecule has 0 spiro atoms. The number of nitrogens with zero attached hydrogens (tertiary/aromatic N) is 2. The van der Waals surface area contributed by atoms with Crippen LogP contribution in [0.25, 0.3) is 0 Å². The summed E-state index contributed by atoms with van der Waals surface area (Å²) in [5, 5.41) is 8.52. The molecule has 1 amide bonds. The van der Waals surface area contributed by atoms with Crippen LogP contribution in [0.4, 0.5) is 0 Å². The summed E-state index contributed by atoms with van der Waals surface area (Å²) in [5.41, 5.74) is 0. The van der Waals surface area contributed by atoms with Gasteiger partial charge in [-0.05, 0) is 25.7 Å². The lowest BCUT2D eigenvalue weighted by atomic mass is 9.79. The van der Waals surface area contributed by atoms with Crippen LogP contribution < -0.4 is 0 Å². The number of carbonyl (C=O) groups excluding carboxylic acids is 1. The van der Waals surface area contributed by atoms with Gasteiger partial charge in [-0.2, -0.15) is 5.26 Å². The Morgan fingerprint density at radius 3 is 2.58 bits per heavy atom. The number of nitriles is 1. The van der Waals surface area contributed by atoms with Crippen LogP contribution in [0.2, 0.25) is 0 Å². The van der Waals surface area contributed by atoms with Gasteiger partial charge in [-0.3, -0.25) is 4.79 Å². The number of rotatable bonds is 1. The maximum atomic E-state index is 11.6. The highest BCUT2D eigenvalue weighted by Gasteiger charge is 2.39. The first kappa shape index (κ1) is 7.60. The highest BCUT2D eigenvalue weighted by atomic mass is 16.2. The Morgan fingerprint density at radius 1 is 1.42 bits per heavy atom. The van der Waals surface area contributed by atoms with E-state index < -0.39 is 0 Å². The van der Waals surface area contributed by atoms with Crippen molar-refractivity contribution in [3.63, 3.8) is 0 Å². The second-order valence-electron chi connectivity index (χ2n) is 3.63. The molecule has 0 atom stereocenters. The molecule has 3 fully saturated rings. The van der Waals surface area contributed by atoms with Crippen molar-refractivity contribution in [3.8, 4) is 6.07 Å². The number of carbonyl (C=O) groups is 1.